The number of benzene rings is 1. The molecule has 2 aliphatic rings. The molecule has 0 saturated carbocycles. The minimum Gasteiger partial charge on any atom is -0.0769 e. The van der Waals surface area contributed by atoms with Gasteiger partial charge < -0.3 is 0 Å². The highest BCUT2D eigenvalue weighted by molar-refractivity contribution is 5.72. The molecule has 1 aromatic rings. The summed E-state index contributed by atoms with van der Waals surface area (Å²) in [5.74, 6) is 0.518. The van der Waals surface area contributed by atoms with E-state index >= 15 is 0 Å². The second-order valence-corrected chi connectivity index (χ2v) is 7.09. The Kier molecular flexibility index (Phi) is 4.12. The molecule has 116 valence electrons. The van der Waals surface area contributed by atoms with Crippen LogP contribution in [0.25, 0.3) is 6.08 Å². The van der Waals surface area contributed by atoms with E-state index in [2.05, 4.69) is 58.9 Å². The molecular formula is C22H28. The van der Waals surface area contributed by atoms with Crippen molar-refractivity contribution in [2.45, 2.75) is 66.2 Å². The first-order valence-corrected chi connectivity index (χ1v) is 8.71. The summed E-state index contributed by atoms with van der Waals surface area (Å²) in [6.45, 7) is 11.4. The molecule has 0 aromatic heterocycles. The maximum atomic E-state index is 2.48. The maximum Gasteiger partial charge on any atom is 0.0273 e. The fourth-order valence-corrected chi connectivity index (χ4v) is 4.20. The molecule has 0 bridgehead atoms. The smallest absolute Gasteiger partial charge is 0.0273 e. The third-order valence-corrected chi connectivity index (χ3v) is 5.38. The molecule has 0 nitrogen and oxygen atoms in total. The molecule has 3 rings (SSSR count). The van der Waals surface area contributed by atoms with Gasteiger partial charge in [0.25, 0.3) is 0 Å². The van der Waals surface area contributed by atoms with Crippen molar-refractivity contribution >= 4 is 6.08 Å². The Balaban J connectivity index is 1.99. The van der Waals surface area contributed by atoms with Crippen LogP contribution in [-0.2, 0) is 0 Å². The van der Waals surface area contributed by atoms with Crippen LogP contribution in [0.5, 0.6) is 0 Å². The lowest BCUT2D eigenvalue weighted by Gasteiger charge is -2.19. The first-order valence-electron chi connectivity index (χ1n) is 8.71. The van der Waals surface area contributed by atoms with Crippen LogP contribution < -0.4 is 0 Å². The number of hydrogen-bond donors (Lipinski definition) is 0. The molecule has 0 spiro atoms. The maximum absolute atomic E-state index is 2.48. The van der Waals surface area contributed by atoms with E-state index in [0.717, 1.165) is 6.42 Å². The predicted octanol–water partition coefficient (Wildman–Crippen LogP) is 6.64. The molecule has 2 aliphatic carbocycles. The zero-order chi connectivity index (χ0) is 15.9. The predicted molar refractivity (Wildman–Crippen MR) is 97.2 cm³/mol. The molecule has 0 N–H and O–H groups in total. The molecule has 0 radical (unpaired) electrons. The van der Waals surface area contributed by atoms with Gasteiger partial charge in [-0.3, -0.25) is 0 Å². The molecule has 0 heterocycles. The van der Waals surface area contributed by atoms with Gasteiger partial charge in [0, 0.05) is 5.92 Å². The molecular weight excluding hydrogens is 264 g/mol. The Labute approximate surface area is 135 Å². The van der Waals surface area contributed by atoms with E-state index in [0.29, 0.717) is 5.92 Å². The first-order chi connectivity index (χ1) is 10.5. The molecule has 0 fully saturated rings. The lowest BCUT2D eigenvalue weighted by atomic mass is 9.84. The van der Waals surface area contributed by atoms with Crippen molar-refractivity contribution in [3.8, 4) is 0 Å². The number of fused-ring (bicyclic) bond motifs is 1. The molecule has 1 atom stereocenters. The van der Waals surface area contributed by atoms with Crippen LogP contribution in [0.1, 0.15) is 74.6 Å². The number of aryl methyl sites for hydroxylation is 2. The van der Waals surface area contributed by atoms with E-state index in [1.54, 1.807) is 16.7 Å². The second-order valence-electron chi connectivity index (χ2n) is 7.09. The van der Waals surface area contributed by atoms with Gasteiger partial charge in [0.1, 0.15) is 0 Å². The summed E-state index contributed by atoms with van der Waals surface area (Å²) < 4.78 is 0. The van der Waals surface area contributed by atoms with E-state index in [-0.39, 0.29) is 0 Å². The largest absolute Gasteiger partial charge is 0.0769 e. The Bertz CT molecular complexity index is 695. The summed E-state index contributed by atoms with van der Waals surface area (Å²) in [6, 6.07) is 4.72. The van der Waals surface area contributed by atoms with Gasteiger partial charge in [0.05, 0.1) is 0 Å². The number of hydrogen-bond acceptors (Lipinski definition) is 0. The average Bonchev–Trinajstić information content (AvgIpc) is 2.97. The van der Waals surface area contributed by atoms with Crippen molar-refractivity contribution in [1.29, 1.82) is 0 Å². The van der Waals surface area contributed by atoms with Crippen LogP contribution in [-0.4, -0.2) is 0 Å². The highest BCUT2D eigenvalue weighted by atomic mass is 14.3. The SMILES string of the molecule is CCCCC1=CCC(C2C(C)=Cc3c(C)cc(C)cc32)=C1C. The Morgan fingerprint density at radius 3 is 2.59 bits per heavy atom. The molecule has 0 aliphatic heterocycles. The fraction of sp³-hybridized carbons (Fsp3) is 0.455. The van der Waals surface area contributed by atoms with Gasteiger partial charge in [-0.25, -0.2) is 0 Å². The zero-order valence-corrected chi connectivity index (χ0v) is 14.7. The summed E-state index contributed by atoms with van der Waals surface area (Å²) >= 11 is 0. The normalized spacial score (nSPS) is 20.3. The highest BCUT2D eigenvalue weighted by Crippen LogP contribution is 2.47. The van der Waals surface area contributed by atoms with Gasteiger partial charge in [-0.15, -0.1) is 0 Å². The summed E-state index contributed by atoms with van der Waals surface area (Å²) in [4.78, 5) is 0. The van der Waals surface area contributed by atoms with Crippen molar-refractivity contribution in [3.63, 3.8) is 0 Å². The zero-order valence-electron chi connectivity index (χ0n) is 14.7. The van der Waals surface area contributed by atoms with Gasteiger partial charge in [-0.05, 0) is 74.8 Å². The third-order valence-electron chi connectivity index (χ3n) is 5.38. The van der Waals surface area contributed by atoms with Gasteiger partial charge in [-0.1, -0.05) is 54.3 Å². The number of allylic oxidation sites excluding steroid dienone is 5. The minimum absolute atomic E-state index is 0.518. The minimum atomic E-state index is 0.518. The first kappa shape index (κ1) is 15.3. The van der Waals surface area contributed by atoms with Gasteiger partial charge in [0.2, 0.25) is 0 Å². The molecule has 0 saturated heterocycles. The van der Waals surface area contributed by atoms with E-state index in [1.807, 2.05) is 0 Å². The fourth-order valence-electron chi connectivity index (χ4n) is 4.20. The van der Waals surface area contributed by atoms with E-state index in [4.69, 9.17) is 0 Å². The Morgan fingerprint density at radius 2 is 1.86 bits per heavy atom. The van der Waals surface area contributed by atoms with Crippen LogP contribution in [0.4, 0.5) is 0 Å². The number of unbranched alkanes of at least 4 members (excludes halogenated alkanes) is 1. The monoisotopic (exact) mass is 292 g/mol. The third kappa shape index (κ3) is 2.49. The Morgan fingerprint density at radius 1 is 1.09 bits per heavy atom. The van der Waals surface area contributed by atoms with E-state index in [9.17, 15) is 0 Å². The summed E-state index contributed by atoms with van der Waals surface area (Å²) in [5, 5.41) is 0. The van der Waals surface area contributed by atoms with Crippen LogP contribution in [0.15, 0.2) is 40.5 Å². The van der Waals surface area contributed by atoms with Gasteiger partial charge >= 0.3 is 0 Å². The second kappa shape index (κ2) is 5.91. The molecule has 0 heteroatoms. The van der Waals surface area contributed by atoms with Crippen molar-refractivity contribution < 1.29 is 0 Å². The average molecular weight is 292 g/mol. The summed E-state index contributed by atoms with van der Waals surface area (Å²) in [6.07, 6.45) is 9.88. The van der Waals surface area contributed by atoms with Crippen molar-refractivity contribution in [2.75, 3.05) is 0 Å². The quantitative estimate of drug-likeness (QED) is 0.583. The molecule has 1 unspecified atom stereocenters. The summed E-state index contributed by atoms with van der Waals surface area (Å²) in [5.41, 5.74) is 12.1. The Hall–Kier alpha value is -1.56. The van der Waals surface area contributed by atoms with E-state index < -0.39 is 0 Å². The molecule has 22 heavy (non-hydrogen) atoms. The lowest BCUT2D eigenvalue weighted by molar-refractivity contribution is 0.791. The van der Waals surface area contributed by atoms with Crippen LogP contribution in [0.3, 0.4) is 0 Å². The van der Waals surface area contributed by atoms with Crippen LogP contribution in [0, 0.1) is 13.8 Å². The topological polar surface area (TPSA) is 0 Å². The standard InChI is InChI=1S/C22H28/c1-6-7-8-18-9-10-19(17(18)5)22-16(4)13-20-15(3)11-14(2)12-21(20)22/h9,11-13,22H,6-8,10H2,1-5H3. The van der Waals surface area contributed by atoms with Gasteiger partial charge in [0.15, 0.2) is 0 Å². The van der Waals surface area contributed by atoms with E-state index in [1.165, 1.54) is 47.1 Å². The molecule has 0 amide bonds. The summed E-state index contributed by atoms with van der Waals surface area (Å²) in [7, 11) is 0. The van der Waals surface area contributed by atoms with Crippen molar-refractivity contribution in [1.82, 2.24) is 0 Å². The van der Waals surface area contributed by atoms with Crippen molar-refractivity contribution in [2.24, 2.45) is 0 Å². The van der Waals surface area contributed by atoms with Gasteiger partial charge in [-0.2, -0.15) is 0 Å². The van der Waals surface area contributed by atoms with Crippen LogP contribution >= 0.6 is 0 Å². The molecule has 1 aromatic carbocycles. The van der Waals surface area contributed by atoms with Crippen molar-refractivity contribution in [3.05, 3.63) is 62.8 Å². The number of rotatable bonds is 4. The van der Waals surface area contributed by atoms with Crippen LogP contribution in [0.2, 0.25) is 0 Å². The highest BCUT2D eigenvalue weighted by Gasteiger charge is 2.30. The lowest BCUT2D eigenvalue weighted by Crippen LogP contribution is -2.03.